The SMILES string of the molecule is CC(C)CC[C@H](C)NC(=O)CN1C(=O)COc2ccc(Cl)cc21. The zero-order valence-corrected chi connectivity index (χ0v) is 14.5. The van der Waals surface area contributed by atoms with E-state index in [2.05, 4.69) is 19.2 Å². The number of hydrogen-bond donors (Lipinski definition) is 1. The van der Waals surface area contributed by atoms with Gasteiger partial charge in [0.2, 0.25) is 5.91 Å². The molecular weight excluding hydrogens is 316 g/mol. The first-order valence-electron chi connectivity index (χ1n) is 7.89. The molecular formula is C17H23ClN2O3. The average Bonchev–Trinajstić information content (AvgIpc) is 2.48. The van der Waals surface area contributed by atoms with Crippen molar-refractivity contribution in [3.05, 3.63) is 23.2 Å². The Hall–Kier alpha value is -1.75. The van der Waals surface area contributed by atoms with E-state index in [-0.39, 0.29) is 31.0 Å². The fourth-order valence-corrected chi connectivity index (χ4v) is 2.63. The molecule has 23 heavy (non-hydrogen) atoms. The minimum absolute atomic E-state index is 0.0262. The lowest BCUT2D eigenvalue weighted by Crippen LogP contribution is -2.46. The molecule has 2 rings (SSSR count). The van der Waals surface area contributed by atoms with Gasteiger partial charge in [0.05, 0.1) is 5.69 Å². The molecule has 126 valence electrons. The van der Waals surface area contributed by atoms with Crippen molar-refractivity contribution in [3.63, 3.8) is 0 Å². The van der Waals surface area contributed by atoms with Crippen LogP contribution in [0.1, 0.15) is 33.6 Å². The van der Waals surface area contributed by atoms with Crippen molar-refractivity contribution in [2.75, 3.05) is 18.1 Å². The van der Waals surface area contributed by atoms with Gasteiger partial charge in [-0.15, -0.1) is 0 Å². The predicted octanol–water partition coefficient (Wildman–Crippen LogP) is 3.01. The molecule has 1 atom stereocenters. The number of ether oxygens (including phenoxy) is 1. The first kappa shape index (κ1) is 17.6. The van der Waals surface area contributed by atoms with Crippen LogP contribution in [-0.2, 0) is 9.59 Å². The second kappa shape index (κ2) is 7.68. The van der Waals surface area contributed by atoms with Crippen molar-refractivity contribution < 1.29 is 14.3 Å². The molecule has 0 aromatic heterocycles. The molecule has 0 saturated carbocycles. The van der Waals surface area contributed by atoms with E-state index in [1.54, 1.807) is 18.2 Å². The Morgan fingerprint density at radius 3 is 2.78 bits per heavy atom. The molecule has 0 radical (unpaired) electrons. The van der Waals surface area contributed by atoms with E-state index in [4.69, 9.17) is 16.3 Å². The van der Waals surface area contributed by atoms with Gasteiger partial charge in [-0.1, -0.05) is 25.4 Å². The summed E-state index contributed by atoms with van der Waals surface area (Å²) in [5.41, 5.74) is 0.540. The van der Waals surface area contributed by atoms with Gasteiger partial charge in [-0.25, -0.2) is 0 Å². The van der Waals surface area contributed by atoms with Crippen molar-refractivity contribution in [1.29, 1.82) is 0 Å². The van der Waals surface area contributed by atoms with Crippen LogP contribution in [0.5, 0.6) is 5.75 Å². The lowest BCUT2D eigenvalue weighted by Gasteiger charge is -2.29. The summed E-state index contributed by atoms with van der Waals surface area (Å²) in [7, 11) is 0. The van der Waals surface area contributed by atoms with Gasteiger partial charge in [-0.3, -0.25) is 14.5 Å². The Morgan fingerprint density at radius 2 is 2.09 bits per heavy atom. The molecule has 0 fully saturated rings. The van der Waals surface area contributed by atoms with Crippen LogP contribution in [0.25, 0.3) is 0 Å². The van der Waals surface area contributed by atoms with Gasteiger partial charge >= 0.3 is 0 Å². The number of hydrogen-bond acceptors (Lipinski definition) is 3. The Kier molecular flexibility index (Phi) is 5.88. The molecule has 0 bridgehead atoms. The highest BCUT2D eigenvalue weighted by molar-refractivity contribution is 6.31. The summed E-state index contributed by atoms with van der Waals surface area (Å²) in [5, 5.41) is 3.44. The first-order valence-corrected chi connectivity index (χ1v) is 8.26. The van der Waals surface area contributed by atoms with E-state index in [0.717, 1.165) is 12.8 Å². The number of fused-ring (bicyclic) bond motifs is 1. The Labute approximate surface area is 141 Å². The van der Waals surface area contributed by atoms with Crippen molar-refractivity contribution in [2.45, 2.75) is 39.7 Å². The van der Waals surface area contributed by atoms with Crippen molar-refractivity contribution in [3.8, 4) is 5.75 Å². The highest BCUT2D eigenvalue weighted by atomic mass is 35.5. The molecule has 1 aliphatic heterocycles. The number of benzene rings is 1. The quantitative estimate of drug-likeness (QED) is 0.867. The number of nitrogens with one attached hydrogen (secondary N) is 1. The van der Waals surface area contributed by atoms with E-state index < -0.39 is 0 Å². The van der Waals surface area contributed by atoms with Crippen LogP contribution in [0, 0.1) is 5.92 Å². The minimum Gasteiger partial charge on any atom is -0.482 e. The van der Waals surface area contributed by atoms with Crippen molar-refractivity contribution in [1.82, 2.24) is 5.32 Å². The molecule has 1 aromatic rings. The molecule has 2 amide bonds. The standard InChI is InChI=1S/C17H23ClN2O3/c1-11(2)4-5-12(3)19-16(21)9-20-14-8-13(18)6-7-15(14)23-10-17(20)22/h6-8,11-12H,4-5,9-10H2,1-3H3,(H,19,21)/t12-/m0/s1. The second-order valence-corrected chi connectivity index (χ2v) is 6.76. The van der Waals surface area contributed by atoms with Gasteiger partial charge in [0.1, 0.15) is 12.3 Å². The zero-order valence-electron chi connectivity index (χ0n) is 13.8. The number of halogens is 1. The molecule has 0 saturated heterocycles. The van der Waals surface area contributed by atoms with E-state index in [0.29, 0.717) is 22.4 Å². The number of rotatable bonds is 6. The number of carbonyl (C=O) groups excluding carboxylic acids is 2. The van der Waals surface area contributed by atoms with Crippen molar-refractivity contribution >= 4 is 29.1 Å². The highest BCUT2D eigenvalue weighted by Crippen LogP contribution is 2.34. The average molecular weight is 339 g/mol. The zero-order chi connectivity index (χ0) is 17.0. The monoisotopic (exact) mass is 338 g/mol. The molecule has 6 heteroatoms. The molecule has 0 spiro atoms. The van der Waals surface area contributed by atoms with Crippen LogP contribution in [0.3, 0.4) is 0 Å². The predicted molar refractivity (Wildman–Crippen MR) is 91.0 cm³/mol. The van der Waals surface area contributed by atoms with Gasteiger partial charge < -0.3 is 10.1 Å². The van der Waals surface area contributed by atoms with Gasteiger partial charge in [0.25, 0.3) is 5.91 Å². The fourth-order valence-electron chi connectivity index (χ4n) is 2.47. The van der Waals surface area contributed by atoms with E-state index in [1.165, 1.54) is 4.90 Å². The van der Waals surface area contributed by atoms with Crippen LogP contribution in [0.15, 0.2) is 18.2 Å². The molecule has 0 unspecified atom stereocenters. The van der Waals surface area contributed by atoms with E-state index in [1.807, 2.05) is 6.92 Å². The number of amides is 2. The normalized spacial score (nSPS) is 15.2. The molecule has 0 aliphatic carbocycles. The van der Waals surface area contributed by atoms with Gasteiger partial charge in [0.15, 0.2) is 6.61 Å². The minimum atomic E-state index is -0.246. The lowest BCUT2D eigenvalue weighted by molar-refractivity contribution is -0.125. The maximum atomic E-state index is 12.2. The maximum absolute atomic E-state index is 12.2. The third-order valence-electron chi connectivity index (χ3n) is 3.75. The molecule has 1 aliphatic rings. The molecule has 1 aromatic carbocycles. The lowest BCUT2D eigenvalue weighted by atomic mass is 10.0. The van der Waals surface area contributed by atoms with Crippen LogP contribution >= 0.6 is 11.6 Å². The van der Waals surface area contributed by atoms with Crippen LogP contribution in [0.4, 0.5) is 5.69 Å². The van der Waals surface area contributed by atoms with Crippen LogP contribution in [-0.4, -0.2) is 31.0 Å². The highest BCUT2D eigenvalue weighted by Gasteiger charge is 2.27. The largest absolute Gasteiger partial charge is 0.482 e. The molecule has 5 nitrogen and oxygen atoms in total. The summed E-state index contributed by atoms with van der Waals surface area (Å²) in [5.74, 6) is 0.742. The third-order valence-corrected chi connectivity index (χ3v) is 3.99. The van der Waals surface area contributed by atoms with Crippen molar-refractivity contribution in [2.24, 2.45) is 5.92 Å². The first-order chi connectivity index (χ1) is 10.9. The Bertz CT molecular complexity index is 589. The van der Waals surface area contributed by atoms with Gasteiger partial charge in [0, 0.05) is 11.1 Å². The van der Waals surface area contributed by atoms with E-state index >= 15 is 0 Å². The summed E-state index contributed by atoms with van der Waals surface area (Å²) in [6.07, 6.45) is 1.97. The summed E-state index contributed by atoms with van der Waals surface area (Å²) in [6, 6.07) is 5.13. The summed E-state index contributed by atoms with van der Waals surface area (Å²) in [4.78, 5) is 25.7. The third kappa shape index (κ3) is 4.86. The topological polar surface area (TPSA) is 58.6 Å². The van der Waals surface area contributed by atoms with Crippen LogP contribution < -0.4 is 15.0 Å². The van der Waals surface area contributed by atoms with E-state index in [9.17, 15) is 9.59 Å². The summed E-state index contributed by atoms with van der Waals surface area (Å²) in [6.45, 7) is 6.20. The number of carbonyl (C=O) groups is 2. The number of anilines is 1. The molecule has 1 N–H and O–H groups in total. The Morgan fingerprint density at radius 1 is 1.35 bits per heavy atom. The summed E-state index contributed by atoms with van der Waals surface area (Å²) >= 11 is 5.99. The van der Waals surface area contributed by atoms with Gasteiger partial charge in [-0.05, 0) is 43.9 Å². The summed E-state index contributed by atoms with van der Waals surface area (Å²) < 4.78 is 5.37. The smallest absolute Gasteiger partial charge is 0.265 e. The molecule has 1 heterocycles. The Balaban J connectivity index is 2.00. The van der Waals surface area contributed by atoms with Gasteiger partial charge in [-0.2, -0.15) is 0 Å². The number of nitrogens with zero attached hydrogens (tertiary/aromatic N) is 1. The maximum Gasteiger partial charge on any atom is 0.265 e. The fraction of sp³-hybridized carbons (Fsp3) is 0.529. The second-order valence-electron chi connectivity index (χ2n) is 6.32. The van der Waals surface area contributed by atoms with Crippen LogP contribution in [0.2, 0.25) is 5.02 Å².